The van der Waals surface area contributed by atoms with Crippen LogP contribution in [0, 0.1) is 6.92 Å². The summed E-state index contributed by atoms with van der Waals surface area (Å²) in [4.78, 5) is 18.2. The molecule has 2 fully saturated rings. The number of benzene rings is 1. The van der Waals surface area contributed by atoms with Gasteiger partial charge in [0.2, 0.25) is 0 Å². The molecule has 1 unspecified atom stereocenters. The van der Waals surface area contributed by atoms with Crippen LogP contribution in [0.4, 0.5) is 16.2 Å². The summed E-state index contributed by atoms with van der Waals surface area (Å²) in [6.45, 7) is 6.80. The Kier molecular flexibility index (Phi) is 4.73. The van der Waals surface area contributed by atoms with Crippen LogP contribution in [-0.4, -0.2) is 70.6 Å². The number of cyclic esters (lactones) is 1. The maximum absolute atomic E-state index is 12.1. The molecule has 1 atom stereocenters. The molecule has 2 heterocycles. The van der Waals surface area contributed by atoms with Crippen LogP contribution in [-0.2, 0) is 9.47 Å². The molecule has 0 bridgehead atoms. The molecule has 2 aliphatic rings. The first kappa shape index (κ1) is 16.1. The van der Waals surface area contributed by atoms with E-state index in [4.69, 9.17) is 9.47 Å². The zero-order valence-corrected chi connectivity index (χ0v) is 14.1. The Balaban J connectivity index is 1.73. The third-order valence-electron chi connectivity index (χ3n) is 4.29. The largest absolute Gasteiger partial charge is 0.443 e. The fourth-order valence-electron chi connectivity index (χ4n) is 3.20. The first-order valence-corrected chi connectivity index (χ1v) is 8.11. The first-order chi connectivity index (χ1) is 11.0. The van der Waals surface area contributed by atoms with E-state index in [0.29, 0.717) is 6.54 Å². The SMILES string of the molecule is Cc1cc(N2CC(CN(C)C)OC2=O)ccc1N1CCOCC1. The number of carbonyl (C=O) groups excluding carboxylic acids is 1. The quantitative estimate of drug-likeness (QED) is 0.845. The lowest BCUT2D eigenvalue weighted by atomic mass is 10.1. The number of amides is 1. The van der Waals surface area contributed by atoms with E-state index in [0.717, 1.165) is 38.5 Å². The summed E-state index contributed by atoms with van der Waals surface area (Å²) in [6.07, 6.45) is -0.327. The van der Waals surface area contributed by atoms with Crippen LogP contribution in [0.15, 0.2) is 18.2 Å². The van der Waals surface area contributed by atoms with Gasteiger partial charge in [-0.25, -0.2) is 4.79 Å². The van der Waals surface area contributed by atoms with Crippen LogP contribution in [0.1, 0.15) is 5.56 Å². The Labute approximate surface area is 137 Å². The molecule has 1 amide bonds. The molecule has 3 rings (SSSR count). The lowest BCUT2D eigenvalue weighted by Gasteiger charge is -2.30. The fraction of sp³-hybridized carbons (Fsp3) is 0.588. The third kappa shape index (κ3) is 3.59. The van der Waals surface area contributed by atoms with Gasteiger partial charge in [-0.05, 0) is 44.8 Å². The molecule has 2 saturated heterocycles. The van der Waals surface area contributed by atoms with Crippen LogP contribution in [0.3, 0.4) is 0 Å². The van der Waals surface area contributed by atoms with Gasteiger partial charge < -0.3 is 19.3 Å². The van der Waals surface area contributed by atoms with E-state index in [1.807, 2.05) is 25.1 Å². The van der Waals surface area contributed by atoms with Crippen LogP contribution in [0.5, 0.6) is 0 Å². The number of hydrogen-bond acceptors (Lipinski definition) is 5. The van der Waals surface area contributed by atoms with E-state index in [-0.39, 0.29) is 12.2 Å². The van der Waals surface area contributed by atoms with Gasteiger partial charge in [0.1, 0.15) is 6.10 Å². The molecule has 1 aromatic carbocycles. The minimum atomic E-state index is -0.254. The molecule has 23 heavy (non-hydrogen) atoms. The molecule has 0 N–H and O–H groups in total. The van der Waals surface area contributed by atoms with Crippen molar-refractivity contribution in [3.8, 4) is 0 Å². The van der Waals surface area contributed by atoms with E-state index in [1.54, 1.807) is 4.90 Å². The molecule has 2 aliphatic heterocycles. The van der Waals surface area contributed by atoms with Gasteiger partial charge in [-0.15, -0.1) is 0 Å². The smallest absolute Gasteiger partial charge is 0.414 e. The summed E-state index contributed by atoms with van der Waals surface area (Å²) in [6, 6.07) is 6.18. The van der Waals surface area contributed by atoms with E-state index >= 15 is 0 Å². The molecular formula is C17H25N3O3. The summed E-state index contributed by atoms with van der Waals surface area (Å²) < 4.78 is 10.9. The molecule has 0 radical (unpaired) electrons. The summed E-state index contributed by atoms with van der Waals surface area (Å²) in [7, 11) is 3.97. The highest BCUT2D eigenvalue weighted by atomic mass is 16.6. The Hall–Kier alpha value is -1.79. The average molecular weight is 319 g/mol. The predicted molar refractivity (Wildman–Crippen MR) is 90.4 cm³/mol. The molecule has 0 saturated carbocycles. The van der Waals surface area contributed by atoms with E-state index < -0.39 is 0 Å². The number of morpholine rings is 1. The number of anilines is 2. The minimum absolute atomic E-state index is 0.0725. The van der Waals surface area contributed by atoms with Crippen molar-refractivity contribution < 1.29 is 14.3 Å². The minimum Gasteiger partial charge on any atom is -0.443 e. The van der Waals surface area contributed by atoms with Crippen LogP contribution in [0.25, 0.3) is 0 Å². The van der Waals surface area contributed by atoms with Gasteiger partial charge in [0.25, 0.3) is 0 Å². The highest BCUT2D eigenvalue weighted by Crippen LogP contribution is 2.29. The predicted octanol–water partition coefficient (Wildman–Crippen LogP) is 1.72. The van der Waals surface area contributed by atoms with Gasteiger partial charge in [-0.3, -0.25) is 4.90 Å². The van der Waals surface area contributed by atoms with Crippen molar-refractivity contribution in [2.24, 2.45) is 0 Å². The van der Waals surface area contributed by atoms with Crippen molar-refractivity contribution in [2.75, 3.05) is 63.3 Å². The molecule has 126 valence electrons. The van der Waals surface area contributed by atoms with E-state index in [9.17, 15) is 4.79 Å². The second kappa shape index (κ2) is 6.76. The summed E-state index contributed by atoms with van der Waals surface area (Å²) in [5, 5.41) is 0. The van der Waals surface area contributed by atoms with Crippen LogP contribution < -0.4 is 9.80 Å². The monoisotopic (exact) mass is 319 g/mol. The Bertz CT molecular complexity index is 570. The highest BCUT2D eigenvalue weighted by molar-refractivity contribution is 5.90. The van der Waals surface area contributed by atoms with Crippen LogP contribution >= 0.6 is 0 Å². The van der Waals surface area contributed by atoms with Crippen molar-refractivity contribution in [2.45, 2.75) is 13.0 Å². The van der Waals surface area contributed by atoms with Gasteiger partial charge in [0, 0.05) is 31.0 Å². The van der Waals surface area contributed by atoms with Crippen molar-refractivity contribution in [3.05, 3.63) is 23.8 Å². The fourth-order valence-corrected chi connectivity index (χ4v) is 3.20. The number of ether oxygens (including phenoxy) is 2. The molecule has 0 aliphatic carbocycles. The Morgan fingerprint density at radius 3 is 2.65 bits per heavy atom. The molecule has 6 heteroatoms. The number of nitrogens with zero attached hydrogens (tertiary/aromatic N) is 3. The Morgan fingerprint density at radius 1 is 1.26 bits per heavy atom. The Morgan fingerprint density at radius 2 is 2.00 bits per heavy atom. The van der Waals surface area contributed by atoms with Gasteiger partial charge in [0.15, 0.2) is 0 Å². The number of carbonyl (C=O) groups is 1. The molecule has 1 aromatic rings. The van der Waals surface area contributed by atoms with Gasteiger partial charge in [-0.1, -0.05) is 0 Å². The normalized spacial score (nSPS) is 21.9. The van der Waals surface area contributed by atoms with Gasteiger partial charge in [-0.2, -0.15) is 0 Å². The maximum atomic E-state index is 12.1. The molecule has 6 nitrogen and oxygen atoms in total. The average Bonchev–Trinajstić information content (AvgIpc) is 2.87. The topological polar surface area (TPSA) is 45.2 Å². The lowest BCUT2D eigenvalue weighted by molar-refractivity contribution is 0.122. The number of hydrogen-bond donors (Lipinski definition) is 0. The molecule has 0 spiro atoms. The number of rotatable bonds is 4. The summed E-state index contributed by atoms with van der Waals surface area (Å²) in [5.41, 5.74) is 3.30. The van der Waals surface area contributed by atoms with Crippen molar-refractivity contribution in [1.29, 1.82) is 0 Å². The molecular weight excluding hydrogens is 294 g/mol. The number of likely N-dealkylation sites (N-methyl/N-ethyl adjacent to an activating group) is 1. The standard InChI is InChI=1S/C17H25N3O3/c1-13-10-14(4-5-16(13)19-6-8-22-9-7-19)20-12-15(11-18(2)3)23-17(20)21/h4-5,10,15H,6-9,11-12H2,1-3H3. The van der Waals surface area contributed by atoms with Crippen molar-refractivity contribution in [3.63, 3.8) is 0 Å². The molecule has 0 aromatic heterocycles. The van der Waals surface area contributed by atoms with Crippen molar-refractivity contribution >= 4 is 17.5 Å². The first-order valence-electron chi connectivity index (χ1n) is 8.11. The van der Waals surface area contributed by atoms with E-state index in [2.05, 4.69) is 24.0 Å². The zero-order valence-electron chi connectivity index (χ0n) is 14.1. The highest BCUT2D eigenvalue weighted by Gasteiger charge is 2.32. The lowest BCUT2D eigenvalue weighted by Crippen LogP contribution is -2.36. The summed E-state index contributed by atoms with van der Waals surface area (Å²) >= 11 is 0. The summed E-state index contributed by atoms with van der Waals surface area (Å²) in [5.74, 6) is 0. The van der Waals surface area contributed by atoms with Gasteiger partial charge >= 0.3 is 6.09 Å². The van der Waals surface area contributed by atoms with Crippen molar-refractivity contribution in [1.82, 2.24) is 4.90 Å². The number of aryl methyl sites for hydroxylation is 1. The van der Waals surface area contributed by atoms with Crippen LogP contribution in [0.2, 0.25) is 0 Å². The van der Waals surface area contributed by atoms with Gasteiger partial charge in [0.05, 0.1) is 19.8 Å². The second-order valence-electron chi connectivity index (χ2n) is 6.45. The van der Waals surface area contributed by atoms with E-state index in [1.165, 1.54) is 11.3 Å². The zero-order chi connectivity index (χ0) is 16.4. The second-order valence-corrected chi connectivity index (χ2v) is 6.45. The maximum Gasteiger partial charge on any atom is 0.414 e. The third-order valence-corrected chi connectivity index (χ3v) is 4.29.